The molecule has 1 rings (SSSR count). The lowest BCUT2D eigenvalue weighted by Gasteiger charge is -2.17. The fraction of sp³-hybridized carbons (Fsp3) is 0.909. The highest BCUT2D eigenvalue weighted by molar-refractivity contribution is 5.76. The largest absolute Gasteiger partial charge is 0.342 e. The van der Waals surface area contributed by atoms with Crippen LogP contribution in [-0.2, 0) is 4.79 Å². The predicted molar refractivity (Wildman–Crippen MR) is 54.4 cm³/mol. The zero-order valence-corrected chi connectivity index (χ0v) is 9.05. The Morgan fingerprint density at radius 1 is 1.54 bits per heavy atom. The van der Waals surface area contributed by atoms with Crippen LogP contribution in [0.4, 0.5) is 0 Å². The minimum Gasteiger partial charge on any atom is -0.342 e. The van der Waals surface area contributed by atoms with Crippen molar-refractivity contribution < 1.29 is 4.79 Å². The monoisotopic (exact) mass is 183 g/mol. The van der Waals surface area contributed by atoms with Gasteiger partial charge in [0.25, 0.3) is 0 Å². The van der Waals surface area contributed by atoms with Gasteiger partial charge in [-0.15, -0.1) is 0 Å². The number of amides is 1. The number of hydrogen-bond donors (Lipinski definition) is 0. The summed E-state index contributed by atoms with van der Waals surface area (Å²) >= 11 is 0. The molecule has 0 aromatic heterocycles. The molecule has 76 valence electrons. The number of carbonyl (C=O) groups excluding carboxylic acids is 1. The Balaban J connectivity index is 2.33. The highest BCUT2D eigenvalue weighted by atomic mass is 16.2. The van der Waals surface area contributed by atoms with Gasteiger partial charge in [0.2, 0.25) is 5.91 Å². The quantitative estimate of drug-likeness (QED) is 0.657. The third-order valence-corrected chi connectivity index (χ3v) is 2.80. The summed E-state index contributed by atoms with van der Waals surface area (Å²) in [5.74, 6) is 1.61. The average molecular weight is 183 g/mol. The van der Waals surface area contributed by atoms with E-state index in [0.29, 0.717) is 11.8 Å². The molecule has 1 saturated heterocycles. The second-order valence-corrected chi connectivity index (χ2v) is 4.50. The Bertz CT molecular complexity index is 177. The van der Waals surface area contributed by atoms with Gasteiger partial charge in [-0.2, -0.15) is 0 Å². The fourth-order valence-electron chi connectivity index (χ4n) is 1.87. The van der Waals surface area contributed by atoms with Crippen molar-refractivity contribution in [2.24, 2.45) is 11.8 Å². The molecule has 1 atom stereocenters. The summed E-state index contributed by atoms with van der Waals surface area (Å²) in [5.41, 5.74) is 0. The summed E-state index contributed by atoms with van der Waals surface area (Å²) in [4.78, 5) is 13.7. The van der Waals surface area contributed by atoms with E-state index < -0.39 is 0 Å². The van der Waals surface area contributed by atoms with E-state index in [2.05, 4.69) is 20.8 Å². The van der Waals surface area contributed by atoms with Crippen LogP contribution in [-0.4, -0.2) is 23.9 Å². The second kappa shape index (κ2) is 4.64. The number of hydrogen-bond acceptors (Lipinski definition) is 1. The first-order chi connectivity index (χ1) is 6.13. The Morgan fingerprint density at radius 3 is 2.69 bits per heavy atom. The van der Waals surface area contributed by atoms with Crippen LogP contribution in [0.1, 0.15) is 40.0 Å². The number of carbonyl (C=O) groups is 1. The predicted octanol–water partition coefficient (Wildman–Crippen LogP) is 2.29. The zero-order chi connectivity index (χ0) is 9.84. The molecule has 0 aromatic carbocycles. The summed E-state index contributed by atoms with van der Waals surface area (Å²) in [5, 5.41) is 0. The minimum absolute atomic E-state index is 0.353. The lowest BCUT2D eigenvalue weighted by molar-refractivity contribution is -0.131. The summed E-state index contributed by atoms with van der Waals surface area (Å²) in [6.07, 6.45) is 3.14. The van der Waals surface area contributed by atoms with Gasteiger partial charge in [-0.25, -0.2) is 0 Å². The molecule has 1 amide bonds. The Kier molecular flexibility index (Phi) is 3.76. The maximum absolute atomic E-state index is 11.6. The first-order valence-electron chi connectivity index (χ1n) is 5.41. The van der Waals surface area contributed by atoms with Gasteiger partial charge in [0.1, 0.15) is 0 Å². The van der Waals surface area contributed by atoms with Crippen molar-refractivity contribution in [3.05, 3.63) is 0 Å². The van der Waals surface area contributed by atoms with E-state index in [-0.39, 0.29) is 0 Å². The molecule has 13 heavy (non-hydrogen) atoms. The smallest absolute Gasteiger partial charge is 0.222 e. The molecular weight excluding hydrogens is 162 g/mol. The van der Waals surface area contributed by atoms with Gasteiger partial charge in [-0.3, -0.25) is 4.79 Å². The van der Waals surface area contributed by atoms with Gasteiger partial charge in [-0.1, -0.05) is 27.2 Å². The van der Waals surface area contributed by atoms with Gasteiger partial charge < -0.3 is 4.90 Å². The lowest BCUT2D eigenvalue weighted by atomic mass is 10.1. The van der Waals surface area contributed by atoms with Crippen molar-refractivity contribution in [2.75, 3.05) is 13.1 Å². The summed E-state index contributed by atoms with van der Waals surface area (Å²) in [6.45, 7) is 8.41. The molecule has 0 radical (unpaired) electrons. The standard InChI is InChI=1S/C11H21NO/c1-4-10-5-6-12(8-10)11(13)7-9(2)3/h9-10H,4-8H2,1-3H3. The highest BCUT2D eigenvalue weighted by Crippen LogP contribution is 2.20. The first kappa shape index (κ1) is 10.6. The van der Waals surface area contributed by atoms with Crippen molar-refractivity contribution in [1.82, 2.24) is 4.90 Å². The molecule has 0 bridgehead atoms. The molecule has 0 N–H and O–H groups in total. The fourth-order valence-corrected chi connectivity index (χ4v) is 1.87. The zero-order valence-electron chi connectivity index (χ0n) is 9.05. The van der Waals surface area contributed by atoms with Crippen LogP contribution in [0.5, 0.6) is 0 Å². The molecule has 1 fully saturated rings. The lowest BCUT2D eigenvalue weighted by Crippen LogP contribution is -2.29. The third-order valence-electron chi connectivity index (χ3n) is 2.80. The van der Waals surface area contributed by atoms with Crippen LogP contribution in [0.25, 0.3) is 0 Å². The molecule has 1 heterocycles. The van der Waals surface area contributed by atoms with E-state index in [1.807, 2.05) is 4.90 Å². The summed E-state index contributed by atoms with van der Waals surface area (Å²) in [6, 6.07) is 0. The van der Waals surface area contributed by atoms with Gasteiger partial charge in [0, 0.05) is 19.5 Å². The van der Waals surface area contributed by atoms with E-state index in [9.17, 15) is 4.79 Å². The van der Waals surface area contributed by atoms with Crippen LogP contribution in [0.15, 0.2) is 0 Å². The molecule has 1 aliphatic heterocycles. The van der Waals surface area contributed by atoms with Crippen LogP contribution in [0.3, 0.4) is 0 Å². The third kappa shape index (κ3) is 3.02. The van der Waals surface area contributed by atoms with Crippen molar-refractivity contribution in [1.29, 1.82) is 0 Å². The van der Waals surface area contributed by atoms with Crippen molar-refractivity contribution in [3.8, 4) is 0 Å². The normalized spacial score (nSPS) is 22.8. The van der Waals surface area contributed by atoms with E-state index in [1.54, 1.807) is 0 Å². The number of nitrogens with zero attached hydrogens (tertiary/aromatic N) is 1. The molecule has 0 spiro atoms. The number of likely N-dealkylation sites (tertiary alicyclic amines) is 1. The van der Waals surface area contributed by atoms with Crippen LogP contribution < -0.4 is 0 Å². The maximum atomic E-state index is 11.6. The SMILES string of the molecule is CCC1CCN(C(=O)CC(C)C)C1. The van der Waals surface area contributed by atoms with Crippen molar-refractivity contribution >= 4 is 5.91 Å². The van der Waals surface area contributed by atoms with Crippen LogP contribution >= 0.6 is 0 Å². The van der Waals surface area contributed by atoms with Gasteiger partial charge in [0.05, 0.1) is 0 Å². The van der Waals surface area contributed by atoms with Gasteiger partial charge in [-0.05, 0) is 18.3 Å². The van der Waals surface area contributed by atoms with E-state index in [4.69, 9.17) is 0 Å². The van der Waals surface area contributed by atoms with Gasteiger partial charge in [0.15, 0.2) is 0 Å². The molecule has 1 unspecified atom stereocenters. The van der Waals surface area contributed by atoms with Gasteiger partial charge >= 0.3 is 0 Å². The maximum Gasteiger partial charge on any atom is 0.222 e. The number of rotatable bonds is 3. The Labute approximate surface area is 81.3 Å². The van der Waals surface area contributed by atoms with E-state index >= 15 is 0 Å². The van der Waals surface area contributed by atoms with Crippen molar-refractivity contribution in [3.63, 3.8) is 0 Å². The summed E-state index contributed by atoms with van der Waals surface area (Å²) < 4.78 is 0. The Hall–Kier alpha value is -0.530. The molecule has 1 aliphatic rings. The minimum atomic E-state index is 0.353. The highest BCUT2D eigenvalue weighted by Gasteiger charge is 2.24. The van der Waals surface area contributed by atoms with E-state index in [1.165, 1.54) is 12.8 Å². The molecule has 0 saturated carbocycles. The molecule has 2 heteroatoms. The average Bonchev–Trinajstić information content (AvgIpc) is 2.50. The molecule has 2 nitrogen and oxygen atoms in total. The van der Waals surface area contributed by atoms with E-state index in [0.717, 1.165) is 25.4 Å². The first-order valence-corrected chi connectivity index (χ1v) is 5.41. The van der Waals surface area contributed by atoms with Crippen LogP contribution in [0, 0.1) is 11.8 Å². The summed E-state index contributed by atoms with van der Waals surface area (Å²) in [7, 11) is 0. The van der Waals surface area contributed by atoms with Crippen molar-refractivity contribution in [2.45, 2.75) is 40.0 Å². The molecular formula is C11H21NO. The molecule has 0 aliphatic carbocycles. The second-order valence-electron chi connectivity index (χ2n) is 4.50. The molecule has 0 aromatic rings. The topological polar surface area (TPSA) is 20.3 Å². The van der Waals surface area contributed by atoms with Crippen LogP contribution in [0.2, 0.25) is 0 Å². The Morgan fingerprint density at radius 2 is 2.23 bits per heavy atom.